The van der Waals surface area contributed by atoms with E-state index in [1.165, 1.54) is 45.4 Å². The number of likely N-dealkylation sites (tertiary alicyclic amines) is 2. The summed E-state index contributed by atoms with van der Waals surface area (Å²) in [5.74, 6) is 2.06. The van der Waals surface area contributed by atoms with E-state index in [1.807, 2.05) is 0 Å². The van der Waals surface area contributed by atoms with Crippen LogP contribution in [0.4, 0.5) is 0 Å². The first-order chi connectivity index (χ1) is 7.70. The summed E-state index contributed by atoms with van der Waals surface area (Å²) in [6.07, 6.45) is 3.85. The second-order valence-corrected chi connectivity index (χ2v) is 5.80. The van der Waals surface area contributed by atoms with E-state index < -0.39 is 0 Å². The van der Waals surface area contributed by atoms with Crippen LogP contribution in [-0.2, 0) is 0 Å². The van der Waals surface area contributed by atoms with Gasteiger partial charge in [-0.2, -0.15) is 0 Å². The van der Waals surface area contributed by atoms with Gasteiger partial charge in [-0.15, -0.1) is 0 Å². The molecular formula is C13H26N2O. The van der Waals surface area contributed by atoms with Crippen LogP contribution in [0.25, 0.3) is 0 Å². The molecule has 0 saturated carbocycles. The number of aliphatic hydroxyl groups excluding tert-OH is 1. The van der Waals surface area contributed by atoms with Gasteiger partial charge >= 0.3 is 0 Å². The summed E-state index contributed by atoms with van der Waals surface area (Å²) >= 11 is 0. The fourth-order valence-electron chi connectivity index (χ4n) is 3.46. The number of piperidine rings is 1. The molecule has 0 aromatic rings. The summed E-state index contributed by atoms with van der Waals surface area (Å²) in [7, 11) is 4.40. The topological polar surface area (TPSA) is 26.7 Å². The molecule has 2 fully saturated rings. The van der Waals surface area contributed by atoms with Crippen molar-refractivity contribution in [1.29, 1.82) is 0 Å². The third-order valence-corrected chi connectivity index (χ3v) is 4.61. The van der Waals surface area contributed by atoms with Gasteiger partial charge in [0.15, 0.2) is 0 Å². The Labute approximate surface area is 99.4 Å². The molecule has 2 atom stereocenters. The van der Waals surface area contributed by atoms with Crippen LogP contribution >= 0.6 is 0 Å². The molecule has 0 aromatic carbocycles. The summed E-state index contributed by atoms with van der Waals surface area (Å²) in [4.78, 5) is 4.81. The minimum atomic E-state index is 0.396. The first-order valence-electron chi connectivity index (χ1n) is 6.68. The lowest BCUT2D eigenvalue weighted by molar-refractivity contribution is 0.0809. The Morgan fingerprint density at radius 3 is 2.06 bits per heavy atom. The summed E-state index contributed by atoms with van der Waals surface area (Å²) in [5, 5.41) is 9.66. The van der Waals surface area contributed by atoms with Gasteiger partial charge in [0, 0.05) is 13.2 Å². The maximum atomic E-state index is 9.66. The van der Waals surface area contributed by atoms with Crippen molar-refractivity contribution in [3.05, 3.63) is 0 Å². The van der Waals surface area contributed by atoms with Crippen LogP contribution in [-0.4, -0.2) is 61.8 Å². The zero-order valence-corrected chi connectivity index (χ0v) is 10.7. The third kappa shape index (κ3) is 2.76. The van der Waals surface area contributed by atoms with Crippen LogP contribution in [0.1, 0.15) is 19.3 Å². The minimum Gasteiger partial charge on any atom is -0.396 e. The molecular weight excluding hydrogens is 200 g/mol. The van der Waals surface area contributed by atoms with Crippen molar-refractivity contribution in [3.8, 4) is 0 Å². The number of nitrogens with zero attached hydrogens (tertiary/aromatic N) is 2. The first kappa shape index (κ1) is 12.3. The van der Waals surface area contributed by atoms with Crippen molar-refractivity contribution in [3.63, 3.8) is 0 Å². The molecule has 2 aliphatic rings. The first-order valence-corrected chi connectivity index (χ1v) is 6.68. The molecule has 2 saturated heterocycles. The van der Waals surface area contributed by atoms with Crippen LogP contribution in [0.15, 0.2) is 0 Å². The molecule has 1 N–H and O–H groups in total. The van der Waals surface area contributed by atoms with E-state index in [-0.39, 0.29) is 0 Å². The number of hydrogen-bond donors (Lipinski definition) is 1. The fraction of sp³-hybridized carbons (Fsp3) is 1.00. The summed E-state index contributed by atoms with van der Waals surface area (Å²) in [6.45, 7) is 5.23. The lowest BCUT2D eigenvalue weighted by atomic mass is 9.77. The Morgan fingerprint density at radius 1 is 1.00 bits per heavy atom. The van der Waals surface area contributed by atoms with Gasteiger partial charge in [0.25, 0.3) is 0 Å². The molecule has 0 aromatic heterocycles. The van der Waals surface area contributed by atoms with Crippen molar-refractivity contribution in [2.24, 2.45) is 17.8 Å². The van der Waals surface area contributed by atoms with Crippen molar-refractivity contribution in [2.45, 2.75) is 19.3 Å². The van der Waals surface area contributed by atoms with Gasteiger partial charge in [-0.25, -0.2) is 0 Å². The summed E-state index contributed by atoms with van der Waals surface area (Å²) < 4.78 is 0. The highest BCUT2D eigenvalue weighted by molar-refractivity contribution is 4.85. The molecule has 94 valence electrons. The van der Waals surface area contributed by atoms with Crippen molar-refractivity contribution < 1.29 is 5.11 Å². The van der Waals surface area contributed by atoms with Gasteiger partial charge in [-0.3, -0.25) is 0 Å². The monoisotopic (exact) mass is 226 g/mol. The van der Waals surface area contributed by atoms with Crippen LogP contribution in [0, 0.1) is 17.8 Å². The summed E-state index contributed by atoms with van der Waals surface area (Å²) in [6, 6.07) is 0. The Bertz CT molecular complexity index is 214. The number of aliphatic hydroxyl groups is 1. The Kier molecular flexibility index (Phi) is 4.22. The van der Waals surface area contributed by atoms with E-state index in [1.54, 1.807) is 0 Å². The van der Waals surface area contributed by atoms with Gasteiger partial charge in [-0.1, -0.05) is 0 Å². The van der Waals surface area contributed by atoms with Crippen molar-refractivity contribution in [1.82, 2.24) is 9.80 Å². The average Bonchev–Trinajstić information content (AvgIpc) is 2.69. The third-order valence-electron chi connectivity index (χ3n) is 4.61. The molecule has 0 spiro atoms. The van der Waals surface area contributed by atoms with Crippen LogP contribution in [0.3, 0.4) is 0 Å². The standard InChI is InChI=1S/C13H26N2O/c1-14-6-3-11(4-7-14)13(10-16)12-5-8-15(2)9-12/h11-13,16H,3-10H2,1-2H3. The number of rotatable bonds is 3. The fourth-order valence-corrected chi connectivity index (χ4v) is 3.46. The Balaban J connectivity index is 1.89. The second-order valence-electron chi connectivity index (χ2n) is 5.80. The predicted molar refractivity (Wildman–Crippen MR) is 66.4 cm³/mol. The SMILES string of the molecule is CN1CCC(C(CO)C2CCN(C)C2)CC1. The zero-order chi connectivity index (χ0) is 11.5. The van der Waals surface area contributed by atoms with Gasteiger partial charge in [-0.05, 0) is 70.7 Å². The van der Waals surface area contributed by atoms with Crippen LogP contribution < -0.4 is 0 Å². The molecule has 2 rings (SSSR count). The molecule has 2 aliphatic heterocycles. The molecule has 3 heteroatoms. The van der Waals surface area contributed by atoms with E-state index in [0.29, 0.717) is 12.5 Å². The summed E-state index contributed by atoms with van der Waals surface area (Å²) in [5.41, 5.74) is 0. The maximum absolute atomic E-state index is 9.66. The van der Waals surface area contributed by atoms with E-state index in [4.69, 9.17) is 0 Å². The van der Waals surface area contributed by atoms with Gasteiger partial charge < -0.3 is 14.9 Å². The lowest BCUT2D eigenvalue weighted by Crippen LogP contribution is -2.37. The quantitative estimate of drug-likeness (QED) is 0.774. The molecule has 3 nitrogen and oxygen atoms in total. The molecule has 0 aliphatic carbocycles. The van der Waals surface area contributed by atoms with Gasteiger partial charge in [0.05, 0.1) is 0 Å². The molecule has 2 heterocycles. The van der Waals surface area contributed by atoms with E-state index in [2.05, 4.69) is 23.9 Å². The van der Waals surface area contributed by atoms with Crippen molar-refractivity contribution in [2.75, 3.05) is 46.9 Å². The molecule has 16 heavy (non-hydrogen) atoms. The van der Waals surface area contributed by atoms with Crippen LogP contribution in [0.5, 0.6) is 0 Å². The Morgan fingerprint density at radius 2 is 1.56 bits per heavy atom. The Hall–Kier alpha value is -0.120. The van der Waals surface area contributed by atoms with Crippen molar-refractivity contribution >= 4 is 0 Å². The van der Waals surface area contributed by atoms with Gasteiger partial charge in [0.1, 0.15) is 0 Å². The number of hydrogen-bond acceptors (Lipinski definition) is 3. The normalized spacial score (nSPS) is 32.1. The predicted octanol–water partition coefficient (Wildman–Crippen LogP) is 0.888. The highest BCUT2D eigenvalue weighted by Gasteiger charge is 2.33. The van der Waals surface area contributed by atoms with Gasteiger partial charge in [0.2, 0.25) is 0 Å². The molecule has 2 unspecified atom stereocenters. The van der Waals surface area contributed by atoms with E-state index >= 15 is 0 Å². The molecule has 0 radical (unpaired) electrons. The average molecular weight is 226 g/mol. The minimum absolute atomic E-state index is 0.396. The molecule has 0 amide bonds. The van der Waals surface area contributed by atoms with Crippen LogP contribution in [0.2, 0.25) is 0 Å². The largest absolute Gasteiger partial charge is 0.396 e. The second kappa shape index (κ2) is 5.48. The maximum Gasteiger partial charge on any atom is 0.0465 e. The smallest absolute Gasteiger partial charge is 0.0465 e. The highest BCUT2D eigenvalue weighted by Crippen LogP contribution is 2.34. The molecule has 0 bridgehead atoms. The lowest BCUT2D eigenvalue weighted by Gasteiger charge is -2.36. The van der Waals surface area contributed by atoms with E-state index in [9.17, 15) is 5.11 Å². The van der Waals surface area contributed by atoms with E-state index in [0.717, 1.165) is 11.8 Å². The highest BCUT2D eigenvalue weighted by atomic mass is 16.3. The zero-order valence-electron chi connectivity index (χ0n) is 10.7.